The zero-order chi connectivity index (χ0) is 18.5. The first-order chi connectivity index (χ1) is 12.5. The predicted octanol–water partition coefficient (Wildman–Crippen LogP) is 2.48. The lowest BCUT2D eigenvalue weighted by molar-refractivity contribution is -0.142. The molecular weight excluding hydrogens is 332 g/mol. The van der Waals surface area contributed by atoms with Gasteiger partial charge in [0.15, 0.2) is 0 Å². The van der Waals surface area contributed by atoms with Crippen LogP contribution >= 0.6 is 0 Å². The van der Waals surface area contributed by atoms with Gasteiger partial charge in [-0.1, -0.05) is 12.1 Å². The highest BCUT2D eigenvalue weighted by Crippen LogP contribution is 2.18. The SMILES string of the molecule is CCOC(=O)Cc1ccc(NC(=O)N2CCc3nc(C)ncc3C2)cc1. The molecule has 7 nitrogen and oxygen atoms in total. The van der Waals surface area contributed by atoms with Crippen LogP contribution in [0.4, 0.5) is 10.5 Å². The molecule has 2 aromatic rings. The first kappa shape index (κ1) is 17.8. The van der Waals surface area contributed by atoms with Crippen molar-refractivity contribution in [3.8, 4) is 0 Å². The lowest BCUT2D eigenvalue weighted by Crippen LogP contribution is -2.39. The van der Waals surface area contributed by atoms with E-state index in [2.05, 4.69) is 15.3 Å². The molecule has 3 rings (SSSR count). The molecule has 0 bridgehead atoms. The lowest BCUT2D eigenvalue weighted by atomic mass is 10.1. The minimum Gasteiger partial charge on any atom is -0.466 e. The van der Waals surface area contributed by atoms with Crippen LogP contribution in [-0.4, -0.2) is 40.0 Å². The third-order valence-corrected chi connectivity index (χ3v) is 4.20. The number of carbonyl (C=O) groups excluding carboxylic acids is 2. The summed E-state index contributed by atoms with van der Waals surface area (Å²) >= 11 is 0. The highest BCUT2D eigenvalue weighted by atomic mass is 16.5. The van der Waals surface area contributed by atoms with E-state index in [4.69, 9.17) is 4.74 Å². The van der Waals surface area contributed by atoms with Gasteiger partial charge in [0, 0.05) is 30.4 Å². The topological polar surface area (TPSA) is 84.4 Å². The number of rotatable bonds is 4. The first-order valence-electron chi connectivity index (χ1n) is 8.67. The molecular formula is C19H22N4O3. The molecule has 0 aliphatic carbocycles. The molecule has 0 fully saturated rings. The molecule has 7 heteroatoms. The quantitative estimate of drug-likeness (QED) is 0.853. The van der Waals surface area contributed by atoms with Crippen LogP contribution in [0.1, 0.15) is 29.6 Å². The van der Waals surface area contributed by atoms with E-state index < -0.39 is 0 Å². The molecule has 0 unspecified atom stereocenters. The fourth-order valence-electron chi connectivity index (χ4n) is 2.88. The number of ether oxygens (including phenoxy) is 1. The summed E-state index contributed by atoms with van der Waals surface area (Å²) in [5.74, 6) is 0.498. The Morgan fingerprint density at radius 1 is 1.27 bits per heavy atom. The minimum atomic E-state index is -0.256. The first-order valence-corrected chi connectivity index (χ1v) is 8.67. The molecule has 26 heavy (non-hydrogen) atoms. The number of carbonyl (C=O) groups is 2. The van der Waals surface area contributed by atoms with Gasteiger partial charge in [-0.15, -0.1) is 0 Å². The number of hydrogen-bond acceptors (Lipinski definition) is 5. The van der Waals surface area contributed by atoms with Crippen LogP contribution in [0.5, 0.6) is 0 Å². The van der Waals surface area contributed by atoms with Gasteiger partial charge in [0.1, 0.15) is 5.82 Å². The molecule has 136 valence electrons. The molecule has 0 atom stereocenters. The maximum absolute atomic E-state index is 12.5. The van der Waals surface area contributed by atoms with Crippen LogP contribution in [0.15, 0.2) is 30.5 Å². The van der Waals surface area contributed by atoms with Crippen molar-refractivity contribution < 1.29 is 14.3 Å². The molecule has 1 N–H and O–H groups in total. The summed E-state index contributed by atoms with van der Waals surface area (Å²) in [7, 11) is 0. The van der Waals surface area contributed by atoms with Crippen molar-refractivity contribution in [1.29, 1.82) is 0 Å². The third kappa shape index (κ3) is 4.36. The number of amides is 2. The Morgan fingerprint density at radius 3 is 2.77 bits per heavy atom. The van der Waals surface area contributed by atoms with Gasteiger partial charge in [0.25, 0.3) is 0 Å². The zero-order valence-electron chi connectivity index (χ0n) is 15.0. The average Bonchev–Trinajstić information content (AvgIpc) is 2.63. The highest BCUT2D eigenvalue weighted by molar-refractivity contribution is 5.89. The monoisotopic (exact) mass is 354 g/mol. The Labute approximate surface area is 152 Å². The number of aromatic nitrogens is 2. The zero-order valence-corrected chi connectivity index (χ0v) is 15.0. The Morgan fingerprint density at radius 2 is 2.04 bits per heavy atom. The second-order valence-corrected chi connectivity index (χ2v) is 6.17. The number of anilines is 1. The maximum atomic E-state index is 12.5. The number of fused-ring (bicyclic) bond motifs is 1. The Bertz CT molecular complexity index is 805. The highest BCUT2D eigenvalue weighted by Gasteiger charge is 2.22. The van der Waals surface area contributed by atoms with Gasteiger partial charge >= 0.3 is 12.0 Å². The molecule has 0 saturated carbocycles. The summed E-state index contributed by atoms with van der Waals surface area (Å²) in [6, 6.07) is 7.05. The van der Waals surface area contributed by atoms with Crippen molar-refractivity contribution in [2.24, 2.45) is 0 Å². The number of urea groups is 1. The van der Waals surface area contributed by atoms with Gasteiger partial charge in [-0.3, -0.25) is 4.79 Å². The smallest absolute Gasteiger partial charge is 0.322 e. The fraction of sp³-hybridized carbons (Fsp3) is 0.368. The molecule has 0 radical (unpaired) electrons. The Kier molecular flexibility index (Phi) is 5.46. The number of hydrogen-bond donors (Lipinski definition) is 1. The summed E-state index contributed by atoms with van der Waals surface area (Å²) < 4.78 is 4.93. The summed E-state index contributed by atoms with van der Waals surface area (Å²) in [5, 5.41) is 2.89. The standard InChI is InChI=1S/C19H22N4O3/c1-3-26-18(24)10-14-4-6-16(7-5-14)22-19(25)23-9-8-17-15(12-23)11-20-13(2)21-17/h4-7,11H,3,8-10,12H2,1-2H3,(H,22,25). The molecule has 0 spiro atoms. The Hall–Kier alpha value is -2.96. The van der Waals surface area contributed by atoms with E-state index in [1.165, 1.54) is 0 Å². The van der Waals surface area contributed by atoms with Crippen molar-refractivity contribution in [2.45, 2.75) is 33.2 Å². The van der Waals surface area contributed by atoms with Gasteiger partial charge in [-0.2, -0.15) is 0 Å². The van der Waals surface area contributed by atoms with E-state index in [1.807, 2.05) is 19.1 Å². The summed E-state index contributed by atoms with van der Waals surface area (Å²) in [6.45, 7) is 5.14. The summed E-state index contributed by atoms with van der Waals surface area (Å²) in [6.07, 6.45) is 2.75. The number of nitrogens with one attached hydrogen (secondary N) is 1. The number of aryl methyl sites for hydroxylation is 1. The maximum Gasteiger partial charge on any atom is 0.322 e. The van der Waals surface area contributed by atoms with E-state index in [0.29, 0.717) is 25.4 Å². The molecule has 2 amide bonds. The van der Waals surface area contributed by atoms with Gasteiger partial charge in [-0.25, -0.2) is 14.8 Å². The van der Waals surface area contributed by atoms with Crippen LogP contribution in [0.3, 0.4) is 0 Å². The predicted molar refractivity (Wildman–Crippen MR) is 96.7 cm³/mol. The van der Waals surface area contributed by atoms with E-state index in [-0.39, 0.29) is 18.4 Å². The molecule has 1 aliphatic heterocycles. The fourth-order valence-corrected chi connectivity index (χ4v) is 2.88. The molecule has 1 aliphatic rings. The molecule has 0 saturated heterocycles. The van der Waals surface area contributed by atoms with Crippen LogP contribution in [0.2, 0.25) is 0 Å². The van der Waals surface area contributed by atoms with Crippen molar-refractivity contribution in [1.82, 2.24) is 14.9 Å². The van der Waals surface area contributed by atoms with Crippen molar-refractivity contribution >= 4 is 17.7 Å². The summed E-state index contributed by atoms with van der Waals surface area (Å²) in [4.78, 5) is 34.4. The van der Waals surface area contributed by atoms with Gasteiger partial charge in [-0.05, 0) is 31.5 Å². The van der Waals surface area contributed by atoms with E-state index >= 15 is 0 Å². The number of esters is 1. The van der Waals surface area contributed by atoms with Gasteiger partial charge < -0.3 is 15.0 Å². The third-order valence-electron chi connectivity index (χ3n) is 4.20. The number of benzene rings is 1. The van der Waals surface area contributed by atoms with Gasteiger partial charge in [0.05, 0.1) is 25.3 Å². The van der Waals surface area contributed by atoms with Crippen molar-refractivity contribution in [3.05, 3.63) is 53.1 Å². The molecule has 2 heterocycles. The molecule has 1 aromatic carbocycles. The second kappa shape index (κ2) is 7.95. The van der Waals surface area contributed by atoms with Crippen molar-refractivity contribution in [2.75, 3.05) is 18.5 Å². The largest absolute Gasteiger partial charge is 0.466 e. The van der Waals surface area contributed by atoms with Crippen LogP contribution in [-0.2, 0) is 28.9 Å². The normalized spacial score (nSPS) is 13.1. The van der Waals surface area contributed by atoms with E-state index in [0.717, 1.165) is 29.1 Å². The minimum absolute atomic E-state index is 0.158. The van der Waals surface area contributed by atoms with Crippen molar-refractivity contribution in [3.63, 3.8) is 0 Å². The average molecular weight is 354 g/mol. The van der Waals surface area contributed by atoms with Crippen LogP contribution in [0, 0.1) is 6.92 Å². The van der Waals surface area contributed by atoms with E-state index in [1.54, 1.807) is 30.2 Å². The van der Waals surface area contributed by atoms with Gasteiger partial charge in [0.2, 0.25) is 0 Å². The van der Waals surface area contributed by atoms with Crippen LogP contribution in [0.25, 0.3) is 0 Å². The Balaban J connectivity index is 1.58. The van der Waals surface area contributed by atoms with E-state index in [9.17, 15) is 9.59 Å². The molecule has 1 aromatic heterocycles. The summed E-state index contributed by atoms with van der Waals surface area (Å²) in [5.41, 5.74) is 3.54. The lowest BCUT2D eigenvalue weighted by Gasteiger charge is -2.28. The number of nitrogens with zero attached hydrogens (tertiary/aromatic N) is 3. The van der Waals surface area contributed by atoms with Crippen LogP contribution < -0.4 is 5.32 Å². The second-order valence-electron chi connectivity index (χ2n) is 6.17.